The molecule has 1 N–H and O–H groups in total. The third-order valence-corrected chi connectivity index (χ3v) is 3.22. The zero-order chi connectivity index (χ0) is 13.9. The Morgan fingerprint density at radius 1 is 1.10 bits per heavy atom. The number of para-hydroxylation sites is 1. The van der Waals surface area contributed by atoms with Gasteiger partial charge in [0.15, 0.2) is 0 Å². The van der Waals surface area contributed by atoms with E-state index in [2.05, 4.69) is 16.4 Å². The number of aromatic nitrogens is 1. The average Bonchev–Trinajstić information content (AvgIpc) is 2.48. The van der Waals surface area contributed by atoms with Crippen LogP contribution < -0.4 is 5.32 Å². The van der Waals surface area contributed by atoms with Crippen LogP contribution in [0.15, 0.2) is 54.7 Å². The molecule has 0 fully saturated rings. The quantitative estimate of drug-likeness (QED) is 0.729. The number of halogens is 2. The van der Waals surface area contributed by atoms with E-state index >= 15 is 0 Å². The van der Waals surface area contributed by atoms with Crippen LogP contribution in [-0.2, 0) is 0 Å². The van der Waals surface area contributed by atoms with Gasteiger partial charge in [0, 0.05) is 22.3 Å². The van der Waals surface area contributed by atoms with E-state index in [0.717, 1.165) is 22.3 Å². The van der Waals surface area contributed by atoms with Crippen LogP contribution in [0.2, 0.25) is 5.02 Å². The Balaban J connectivity index is 0.00000161. The van der Waals surface area contributed by atoms with Gasteiger partial charge in [0.2, 0.25) is 0 Å². The number of anilines is 2. The lowest BCUT2D eigenvalue weighted by molar-refractivity contribution is 1.36. The first kappa shape index (κ1) is 15.1. The molecule has 3 nitrogen and oxygen atoms in total. The van der Waals surface area contributed by atoms with Gasteiger partial charge in [-0.05, 0) is 24.3 Å². The summed E-state index contributed by atoms with van der Waals surface area (Å²) in [6, 6.07) is 17.3. The summed E-state index contributed by atoms with van der Waals surface area (Å²) in [7, 11) is 0. The van der Waals surface area contributed by atoms with Gasteiger partial charge in [0.1, 0.15) is 6.07 Å². The maximum absolute atomic E-state index is 9.25. The summed E-state index contributed by atoms with van der Waals surface area (Å²) in [6.45, 7) is 0. The zero-order valence-electron chi connectivity index (χ0n) is 10.9. The average molecular weight is 316 g/mol. The van der Waals surface area contributed by atoms with Gasteiger partial charge < -0.3 is 5.32 Å². The predicted molar refractivity (Wildman–Crippen MR) is 88.4 cm³/mol. The van der Waals surface area contributed by atoms with E-state index in [1.807, 2.05) is 48.5 Å². The standard InChI is InChI=1S/C16H10ClN3.ClH/c17-12-4-3-5-13(8-12)20-16-11(9-18)10-19-15-7-2-1-6-14(15)16;/h1-8,10H,(H,19,20);1H. The Morgan fingerprint density at radius 3 is 2.67 bits per heavy atom. The monoisotopic (exact) mass is 315 g/mol. The van der Waals surface area contributed by atoms with Gasteiger partial charge in [0.25, 0.3) is 0 Å². The Kier molecular flexibility index (Phi) is 4.64. The smallest absolute Gasteiger partial charge is 0.103 e. The van der Waals surface area contributed by atoms with E-state index in [9.17, 15) is 5.26 Å². The highest BCUT2D eigenvalue weighted by molar-refractivity contribution is 6.30. The van der Waals surface area contributed by atoms with Crippen LogP contribution >= 0.6 is 24.0 Å². The fraction of sp³-hybridized carbons (Fsp3) is 0. The number of rotatable bonds is 2. The fourth-order valence-electron chi connectivity index (χ4n) is 2.07. The van der Waals surface area contributed by atoms with Gasteiger partial charge in [-0.1, -0.05) is 35.9 Å². The SMILES string of the molecule is Cl.N#Cc1cnc2ccccc2c1Nc1cccc(Cl)c1. The first-order valence-corrected chi connectivity index (χ1v) is 6.46. The van der Waals surface area contributed by atoms with Crippen LogP contribution in [0.4, 0.5) is 11.4 Å². The number of hydrogen-bond donors (Lipinski definition) is 1. The summed E-state index contributed by atoms with van der Waals surface area (Å²) in [4.78, 5) is 4.28. The van der Waals surface area contributed by atoms with Crippen LogP contribution in [0.1, 0.15) is 5.56 Å². The summed E-state index contributed by atoms with van der Waals surface area (Å²) >= 11 is 5.99. The number of nitrogens with one attached hydrogen (secondary N) is 1. The summed E-state index contributed by atoms with van der Waals surface area (Å²) in [5.41, 5.74) is 2.94. The van der Waals surface area contributed by atoms with E-state index in [1.54, 1.807) is 6.20 Å². The second-order valence-electron chi connectivity index (χ2n) is 4.31. The molecule has 5 heteroatoms. The third-order valence-electron chi connectivity index (χ3n) is 2.99. The zero-order valence-corrected chi connectivity index (χ0v) is 12.4. The van der Waals surface area contributed by atoms with Crippen molar-refractivity contribution in [1.82, 2.24) is 4.98 Å². The maximum atomic E-state index is 9.25. The van der Waals surface area contributed by atoms with Gasteiger partial charge in [-0.25, -0.2) is 0 Å². The molecule has 0 bridgehead atoms. The van der Waals surface area contributed by atoms with Crippen molar-refractivity contribution in [2.24, 2.45) is 0 Å². The van der Waals surface area contributed by atoms with Crippen molar-refractivity contribution < 1.29 is 0 Å². The highest BCUT2D eigenvalue weighted by Gasteiger charge is 2.08. The minimum atomic E-state index is 0. The molecule has 2 aromatic carbocycles. The number of hydrogen-bond acceptors (Lipinski definition) is 3. The van der Waals surface area contributed by atoms with Crippen LogP contribution in [0.25, 0.3) is 10.9 Å². The van der Waals surface area contributed by atoms with E-state index in [4.69, 9.17) is 11.6 Å². The second-order valence-corrected chi connectivity index (χ2v) is 4.75. The van der Waals surface area contributed by atoms with Crippen molar-refractivity contribution in [1.29, 1.82) is 5.26 Å². The lowest BCUT2D eigenvalue weighted by Crippen LogP contribution is -1.96. The highest BCUT2D eigenvalue weighted by Crippen LogP contribution is 2.29. The molecule has 0 atom stereocenters. The largest absolute Gasteiger partial charge is 0.354 e. The molecule has 0 spiro atoms. The highest BCUT2D eigenvalue weighted by atomic mass is 35.5. The van der Waals surface area contributed by atoms with Crippen molar-refractivity contribution >= 4 is 46.3 Å². The topological polar surface area (TPSA) is 48.7 Å². The number of fused-ring (bicyclic) bond motifs is 1. The van der Waals surface area contributed by atoms with Crippen LogP contribution in [0.3, 0.4) is 0 Å². The van der Waals surface area contributed by atoms with E-state index in [1.165, 1.54) is 0 Å². The molecule has 104 valence electrons. The van der Waals surface area contributed by atoms with E-state index in [0.29, 0.717) is 10.6 Å². The molecular weight excluding hydrogens is 305 g/mol. The molecule has 21 heavy (non-hydrogen) atoms. The molecule has 0 aliphatic rings. The lowest BCUT2D eigenvalue weighted by Gasteiger charge is -2.11. The molecule has 0 saturated heterocycles. The normalized spacial score (nSPS) is 9.71. The van der Waals surface area contributed by atoms with Crippen LogP contribution in [0, 0.1) is 11.3 Å². The van der Waals surface area contributed by atoms with Crippen molar-refractivity contribution in [3.63, 3.8) is 0 Å². The van der Waals surface area contributed by atoms with Gasteiger partial charge >= 0.3 is 0 Å². The molecule has 0 aliphatic heterocycles. The van der Waals surface area contributed by atoms with Gasteiger partial charge in [-0.15, -0.1) is 12.4 Å². The third kappa shape index (κ3) is 3.08. The molecule has 0 radical (unpaired) electrons. The lowest BCUT2D eigenvalue weighted by atomic mass is 10.1. The summed E-state index contributed by atoms with van der Waals surface area (Å²) in [5, 5.41) is 14.1. The molecule has 3 aromatic rings. The summed E-state index contributed by atoms with van der Waals surface area (Å²) < 4.78 is 0. The van der Waals surface area contributed by atoms with Crippen molar-refractivity contribution in [2.75, 3.05) is 5.32 Å². The molecule has 3 rings (SSSR count). The minimum Gasteiger partial charge on any atom is -0.354 e. The van der Waals surface area contributed by atoms with Gasteiger partial charge in [-0.3, -0.25) is 4.98 Å². The molecule has 0 unspecified atom stereocenters. The summed E-state index contributed by atoms with van der Waals surface area (Å²) in [5.74, 6) is 0. The van der Waals surface area contributed by atoms with Crippen molar-refractivity contribution in [3.05, 3.63) is 65.3 Å². The Bertz CT molecular complexity index is 825. The van der Waals surface area contributed by atoms with Crippen molar-refractivity contribution in [3.8, 4) is 6.07 Å². The van der Waals surface area contributed by atoms with Gasteiger partial charge in [-0.2, -0.15) is 5.26 Å². The Morgan fingerprint density at radius 2 is 1.90 bits per heavy atom. The number of benzene rings is 2. The van der Waals surface area contributed by atoms with E-state index in [-0.39, 0.29) is 12.4 Å². The fourth-order valence-corrected chi connectivity index (χ4v) is 2.26. The molecule has 0 saturated carbocycles. The first-order valence-electron chi connectivity index (χ1n) is 6.08. The second kappa shape index (κ2) is 6.45. The van der Waals surface area contributed by atoms with E-state index < -0.39 is 0 Å². The van der Waals surface area contributed by atoms with Crippen LogP contribution in [-0.4, -0.2) is 4.98 Å². The Hall–Kier alpha value is -2.28. The number of nitriles is 1. The summed E-state index contributed by atoms with van der Waals surface area (Å²) in [6.07, 6.45) is 1.58. The minimum absolute atomic E-state index is 0. The number of pyridine rings is 1. The Labute approximate surface area is 133 Å². The maximum Gasteiger partial charge on any atom is 0.103 e. The van der Waals surface area contributed by atoms with Crippen LogP contribution in [0.5, 0.6) is 0 Å². The van der Waals surface area contributed by atoms with Crippen molar-refractivity contribution in [2.45, 2.75) is 0 Å². The molecule has 0 amide bonds. The molecule has 0 aliphatic carbocycles. The van der Waals surface area contributed by atoms with Gasteiger partial charge in [0.05, 0.1) is 16.8 Å². The number of nitrogens with zero attached hydrogens (tertiary/aromatic N) is 2. The molecular formula is C16H11Cl2N3. The predicted octanol–water partition coefficient (Wildman–Crippen LogP) is 4.93. The molecule has 1 heterocycles. The molecule has 1 aromatic heterocycles. The first-order chi connectivity index (χ1) is 9.78.